The van der Waals surface area contributed by atoms with Gasteiger partial charge in [0.1, 0.15) is 12.1 Å². The minimum Gasteiger partial charge on any atom is -0.423 e. The fourth-order valence-electron chi connectivity index (χ4n) is 3.20. The molecule has 0 aliphatic rings. The van der Waals surface area contributed by atoms with E-state index in [2.05, 4.69) is 0 Å². The number of hydrogen-bond acceptors (Lipinski definition) is 3. The summed E-state index contributed by atoms with van der Waals surface area (Å²) in [5.41, 5.74) is 0.722. The molecule has 0 spiro atoms. The Kier molecular flexibility index (Phi) is 12.3. The maximum absolute atomic E-state index is 13.8. The number of benzene rings is 1. The average molecular weight is 350 g/mol. The monoisotopic (exact) mass is 350 g/mol. The second kappa shape index (κ2) is 14.0. The molecule has 0 aliphatic carbocycles. The summed E-state index contributed by atoms with van der Waals surface area (Å²) >= 11 is 0. The lowest BCUT2D eigenvalue weighted by Gasteiger charge is -2.10. The van der Waals surface area contributed by atoms with Crippen LogP contribution in [-0.2, 0) is 11.2 Å². The first-order valence-corrected chi connectivity index (χ1v) is 9.74. The van der Waals surface area contributed by atoms with Crippen molar-refractivity contribution in [3.63, 3.8) is 0 Å². The number of aldehydes is 1. The van der Waals surface area contributed by atoms with E-state index in [1.807, 2.05) is 0 Å². The molecule has 0 unspecified atom stereocenters. The highest BCUT2D eigenvalue weighted by molar-refractivity contribution is 6.59. The third kappa shape index (κ3) is 9.76. The maximum atomic E-state index is 13.8. The van der Waals surface area contributed by atoms with Crippen LogP contribution in [0.15, 0.2) is 18.2 Å². The van der Waals surface area contributed by atoms with Crippen molar-refractivity contribution < 1.29 is 19.2 Å². The molecule has 0 bridgehead atoms. The van der Waals surface area contributed by atoms with E-state index in [4.69, 9.17) is 0 Å². The lowest BCUT2D eigenvalue weighted by molar-refractivity contribution is -0.107. The van der Waals surface area contributed by atoms with Crippen molar-refractivity contribution in [3.8, 4) is 0 Å². The fraction of sp³-hybridized carbons (Fsp3) is 0.650. The Bertz CT molecular complexity index is 480. The van der Waals surface area contributed by atoms with Gasteiger partial charge in [-0.1, -0.05) is 69.9 Å². The van der Waals surface area contributed by atoms with Crippen LogP contribution in [0.25, 0.3) is 0 Å². The molecule has 0 atom stereocenters. The van der Waals surface area contributed by atoms with E-state index in [9.17, 15) is 19.2 Å². The van der Waals surface area contributed by atoms with Crippen LogP contribution >= 0.6 is 0 Å². The van der Waals surface area contributed by atoms with Crippen LogP contribution in [0.2, 0.25) is 0 Å². The number of hydrogen-bond donors (Lipinski definition) is 2. The zero-order chi connectivity index (χ0) is 18.3. The Labute approximate surface area is 151 Å². The molecular formula is C20H32BFO3. The molecule has 0 amide bonds. The molecule has 0 saturated heterocycles. The van der Waals surface area contributed by atoms with E-state index in [0.717, 1.165) is 32.0 Å². The third-order valence-electron chi connectivity index (χ3n) is 4.68. The van der Waals surface area contributed by atoms with Gasteiger partial charge in [0, 0.05) is 6.42 Å². The molecule has 2 N–H and O–H groups in total. The van der Waals surface area contributed by atoms with Crippen LogP contribution < -0.4 is 5.46 Å². The predicted molar refractivity (Wildman–Crippen MR) is 101 cm³/mol. The Morgan fingerprint density at radius 2 is 1.36 bits per heavy atom. The molecule has 0 fully saturated rings. The summed E-state index contributed by atoms with van der Waals surface area (Å²) in [4.78, 5) is 10.2. The summed E-state index contributed by atoms with van der Waals surface area (Å²) in [6.45, 7) is 0. The molecule has 140 valence electrons. The first kappa shape index (κ1) is 21.8. The van der Waals surface area contributed by atoms with Crippen LogP contribution in [0.3, 0.4) is 0 Å². The summed E-state index contributed by atoms with van der Waals surface area (Å²) in [5, 5.41) is 18.6. The quantitative estimate of drug-likeness (QED) is 0.286. The lowest BCUT2D eigenvalue weighted by atomic mass is 9.76. The van der Waals surface area contributed by atoms with Crippen molar-refractivity contribution in [2.45, 2.75) is 83.5 Å². The summed E-state index contributed by atoms with van der Waals surface area (Å²) < 4.78 is 13.8. The zero-order valence-electron chi connectivity index (χ0n) is 15.3. The van der Waals surface area contributed by atoms with Gasteiger partial charge in [0.2, 0.25) is 0 Å². The van der Waals surface area contributed by atoms with E-state index < -0.39 is 7.12 Å². The minimum absolute atomic E-state index is 0.285. The zero-order valence-corrected chi connectivity index (χ0v) is 15.3. The molecule has 1 rings (SSSR count). The number of rotatable bonds is 15. The topological polar surface area (TPSA) is 57.5 Å². The fourth-order valence-corrected chi connectivity index (χ4v) is 3.20. The highest BCUT2D eigenvalue weighted by atomic mass is 19.1. The van der Waals surface area contributed by atoms with Crippen molar-refractivity contribution in [2.75, 3.05) is 0 Å². The molecule has 25 heavy (non-hydrogen) atoms. The first-order valence-electron chi connectivity index (χ1n) is 9.74. The molecule has 3 nitrogen and oxygen atoms in total. The largest absolute Gasteiger partial charge is 0.488 e. The Hall–Kier alpha value is -1.20. The number of carbonyl (C=O) groups is 1. The summed E-state index contributed by atoms with van der Waals surface area (Å²) in [6, 6.07) is 4.46. The van der Waals surface area contributed by atoms with Gasteiger partial charge in [-0.05, 0) is 36.4 Å². The summed E-state index contributed by atoms with van der Waals surface area (Å²) in [5.74, 6) is -0.348. The van der Waals surface area contributed by atoms with Crippen LogP contribution in [0, 0.1) is 5.82 Å². The van der Waals surface area contributed by atoms with E-state index >= 15 is 0 Å². The second-order valence-corrected chi connectivity index (χ2v) is 6.78. The molecule has 0 radical (unpaired) electrons. The molecule has 5 heteroatoms. The highest BCUT2D eigenvalue weighted by Crippen LogP contribution is 2.14. The highest BCUT2D eigenvalue weighted by Gasteiger charge is 2.18. The van der Waals surface area contributed by atoms with Crippen molar-refractivity contribution in [1.82, 2.24) is 0 Å². The van der Waals surface area contributed by atoms with Gasteiger partial charge in [-0.15, -0.1) is 0 Å². The molecule has 0 aliphatic heterocycles. The van der Waals surface area contributed by atoms with E-state index in [-0.39, 0.29) is 11.3 Å². The van der Waals surface area contributed by atoms with Crippen molar-refractivity contribution in [2.24, 2.45) is 0 Å². The first-order chi connectivity index (χ1) is 12.2. The van der Waals surface area contributed by atoms with Crippen molar-refractivity contribution in [1.29, 1.82) is 0 Å². The van der Waals surface area contributed by atoms with Crippen molar-refractivity contribution >= 4 is 18.9 Å². The van der Waals surface area contributed by atoms with Gasteiger partial charge >= 0.3 is 7.12 Å². The SMILES string of the molecule is O=CCCCCCCCCCCCCCc1c(F)cccc1B(O)O. The lowest BCUT2D eigenvalue weighted by Crippen LogP contribution is -2.33. The molecular weight excluding hydrogens is 318 g/mol. The molecule has 0 heterocycles. The van der Waals surface area contributed by atoms with Crippen molar-refractivity contribution in [3.05, 3.63) is 29.6 Å². The van der Waals surface area contributed by atoms with Gasteiger partial charge in [0.15, 0.2) is 0 Å². The molecule has 1 aromatic rings. The average Bonchev–Trinajstić information content (AvgIpc) is 2.59. The minimum atomic E-state index is -1.61. The molecule has 1 aromatic carbocycles. The molecule has 0 aromatic heterocycles. The van der Waals surface area contributed by atoms with Gasteiger partial charge < -0.3 is 14.8 Å². The van der Waals surface area contributed by atoms with Gasteiger partial charge in [0.05, 0.1) is 0 Å². The van der Waals surface area contributed by atoms with Crippen LogP contribution in [0.4, 0.5) is 4.39 Å². The van der Waals surface area contributed by atoms with Gasteiger partial charge in [-0.2, -0.15) is 0 Å². The Balaban J connectivity index is 2.02. The van der Waals surface area contributed by atoms with E-state index in [0.29, 0.717) is 18.4 Å². The van der Waals surface area contributed by atoms with Gasteiger partial charge in [-0.3, -0.25) is 0 Å². The Morgan fingerprint density at radius 1 is 0.840 bits per heavy atom. The summed E-state index contributed by atoms with van der Waals surface area (Å²) in [6.07, 6.45) is 15.0. The van der Waals surface area contributed by atoms with Crippen LogP contribution in [0.1, 0.15) is 82.6 Å². The van der Waals surface area contributed by atoms with Crippen LogP contribution in [0.5, 0.6) is 0 Å². The number of carbonyl (C=O) groups excluding carboxylic acids is 1. The molecule has 0 saturated carbocycles. The third-order valence-corrected chi connectivity index (χ3v) is 4.68. The standard InChI is InChI=1S/C20H32BFO3/c22-20-16-13-15-19(21(24)25)18(20)14-11-9-7-5-3-1-2-4-6-8-10-12-17-23/h13,15-17,24-25H,1-12,14H2. The second-order valence-electron chi connectivity index (χ2n) is 6.78. The number of unbranched alkanes of at least 4 members (excludes halogenated alkanes) is 11. The van der Waals surface area contributed by atoms with Gasteiger partial charge in [0.25, 0.3) is 0 Å². The number of halogens is 1. The van der Waals surface area contributed by atoms with E-state index in [1.165, 1.54) is 57.1 Å². The van der Waals surface area contributed by atoms with E-state index in [1.54, 1.807) is 6.07 Å². The van der Waals surface area contributed by atoms with Gasteiger partial charge in [-0.25, -0.2) is 4.39 Å². The Morgan fingerprint density at radius 3 is 1.88 bits per heavy atom. The predicted octanol–water partition coefficient (Wildman–Crippen LogP) is 3.93. The normalized spacial score (nSPS) is 10.8. The summed E-state index contributed by atoms with van der Waals surface area (Å²) in [7, 11) is -1.61. The maximum Gasteiger partial charge on any atom is 0.488 e. The van der Waals surface area contributed by atoms with Crippen LogP contribution in [-0.4, -0.2) is 23.5 Å². The smallest absolute Gasteiger partial charge is 0.423 e.